The largest absolute Gasteiger partial charge is 0.379 e. The van der Waals surface area contributed by atoms with Gasteiger partial charge in [0.25, 0.3) is 0 Å². The molecule has 0 saturated heterocycles. The van der Waals surface area contributed by atoms with Crippen molar-refractivity contribution in [2.45, 2.75) is 39.5 Å². The molecule has 59 heavy (non-hydrogen) atoms. The number of hydrogen-bond donors (Lipinski definition) is 0. The summed E-state index contributed by atoms with van der Waals surface area (Å²) in [5.41, 5.74) is 14.9. The minimum Gasteiger partial charge on any atom is -0.379 e. The molecule has 0 amide bonds. The van der Waals surface area contributed by atoms with Crippen molar-refractivity contribution in [1.29, 1.82) is 0 Å². The van der Waals surface area contributed by atoms with Crippen LogP contribution in [0.4, 0.5) is 11.4 Å². The van der Waals surface area contributed by atoms with Gasteiger partial charge in [-0.1, -0.05) is 121 Å². The van der Waals surface area contributed by atoms with Crippen molar-refractivity contribution >= 4 is 33.2 Å². The third kappa shape index (κ3) is 7.68. The van der Waals surface area contributed by atoms with Gasteiger partial charge in [0.1, 0.15) is 0 Å². The summed E-state index contributed by atoms with van der Waals surface area (Å²) >= 11 is 0. The third-order valence-electron chi connectivity index (χ3n) is 12.5. The van der Waals surface area contributed by atoms with Gasteiger partial charge < -0.3 is 23.7 Å². The van der Waals surface area contributed by atoms with Crippen molar-refractivity contribution in [3.8, 4) is 22.5 Å². The van der Waals surface area contributed by atoms with E-state index in [0.717, 1.165) is 26.2 Å². The minimum absolute atomic E-state index is 0.0196. The average Bonchev–Trinajstić information content (AvgIpc) is 3.75. The van der Waals surface area contributed by atoms with Crippen molar-refractivity contribution in [2.75, 3.05) is 49.2 Å². The number of anilines is 2. The van der Waals surface area contributed by atoms with Gasteiger partial charge in [0.15, 0.2) is 0 Å². The van der Waals surface area contributed by atoms with E-state index in [9.17, 15) is 0 Å². The van der Waals surface area contributed by atoms with Crippen molar-refractivity contribution < 1.29 is 4.74 Å². The van der Waals surface area contributed by atoms with Crippen LogP contribution in [-0.4, -0.2) is 48.5 Å². The molecule has 5 nitrogen and oxygen atoms in total. The fourth-order valence-electron chi connectivity index (χ4n) is 9.45. The minimum atomic E-state index is -0.0196. The first kappa shape index (κ1) is 39.8. The molecule has 300 valence electrons. The van der Waals surface area contributed by atoms with Crippen LogP contribution in [0.3, 0.4) is 0 Å². The standard InChI is InChI=1S/C54H58N4O/c1-7-57(8-2)43-33-29-39(30-34-43)47(51-45-25-17-19-27-49(45)55(5)53(51)41-21-13-11-14-22-41)37-59-38-48(40-31-35-44(36-32-40)58(9-3)10-4)52-46-26-18-20-28-50(46)56(6)54(52)42-23-15-12-16-24-42/h11-36,47-48H,7-10,37-38H2,1-6H3. The van der Waals surface area contributed by atoms with Crippen molar-refractivity contribution in [1.82, 2.24) is 9.13 Å². The van der Waals surface area contributed by atoms with E-state index in [1.807, 2.05) is 0 Å². The highest BCUT2D eigenvalue weighted by Crippen LogP contribution is 2.44. The second-order valence-electron chi connectivity index (χ2n) is 15.6. The molecule has 0 saturated carbocycles. The zero-order valence-corrected chi connectivity index (χ0v) is 35.6. The molecule has 0 radical (unpaired) electrons. The van der Waals surface area contributed by atoms with E-state index >= 15 is 0 Å². The van der Waals surface area contributed by atoms with Crippen LogP contribution in [0.1, 0.15) is 61.8 Å². The van der Waals surface area contributed by atoms with Crippen LogP contribution in [-0.2, 0) is 18.8 Å². The van der Waals surface area contributed by atoms with Crippen LogP contribution >= 0.6 is 0 Å². The summed E-state index contributed by atoms with van der Waals surface area (Å²) in [5.74, 6) is -0.0391. The summed E-state index contributed by atoms with van der Waals surface area (Å²) in [7, 11) is 4.41. The second-order valence-corrected chi connectivity index (χ2v) is 15.6. The van der Waals surface area contributed by atoms with E-state index in [4.69, 9.17) is 4.74 Å². The van der Waals surface area contributed by atoms with Crippen LogP contribution < -0.4 is 9.80 Å². The van der Waals surface area contributed by atoms with Gasteiger partial charge in [0, 0.05) is 85.3 Å². The van der Waals surface area contributed by atoms with Crippen molar-refractivity contribution in [3.05, 3.63) is 180 Å². The monoisotopic (exact) mass is 778 g/mol. The topological polar surface area (TPSA) is 25.6 Å². The van der Waals surface area contributed by atoms with E-state index in [1.54, 1.807) is 0 Å². The highest BCUT2D eigenvalue weighted by atomic mass is 16.5. The first-order valence-electron chi connectivity index (χ1n) is 21.5. The molecule has 2 aromatic heterocycles. The fraction of sp³-hybridized carbons (Fsp3) is 0.259. The first-order chi connectivity index (χ1) is 29.0. The molecule has 0 bridgehead atoms. The zero-order valence-electron chi connectivity index (χ0n) is 35.6. The molecule has 0 aliphatic rings. The van der Waals surface area contributed by atoms with Crippen molar-refractivity contribution in [3.63, 3.8) is 0 Å². The van der Waals surface area contributed by atoms with Gasteiger partial charge in [0.05, 0.1) is 24.6 Å². The van der Waals surface area contributed by atoms with Gasteiger partial charge in [-0.05, 0) is 97.5 Å². The lowest BCUT2D eigenvalue weighted by molar-refractivity contribution is 0.121. The van der Waals surface area contributed by atoms with Crippen LogP contribution in [0.2, 0.25) is 0 Å². The molecule has 8 aromatic rings. The predicted octanol–water partition coefficient (Wildman–Crippen LogP) is 12.7. The molecular weight excluding hydrogens is 721 g/mol. The van der Waals surface area contributed by atoms with Crippen LogP contribution in [0.5, 0.6) is 0 Å². The lowest BCUT2D eigenvalue weighted by Gasteiger charge is -2.26. The quantitative estimate of drug-likeness (QED) is 0.0977. The Morgan fingerprint density at radius 2 is 0.763 bits per heavy atom. The van der Waals surface area contributed by atoms with E-state index in [2.05, 4.69) is 218 Å². The number of aromatic nitrogens is 2. The van der Waals surface area contributed by atoms with Gasteiger partial charge in [-0.25, -0.2) is 0 Å². The SMILES string of the molecule is CCN(CC)c1ccc(C(COCC(c2ccc(N(CC)CC)cc2)c2c(-c3ccccc3)n(C)c3ccccc23)c2c(-c3ccccc3)n(C)c3ccccc23)cc1. The summed E-state index contributed by atoms with van der Waals surface area (Å²) in [6.07, 6.45) is 0. The summed E-state index contributed by atoms with van der Waals surface area (Å²) in [6.45, 7) is 13.8. The van der Waals surface area contributed by atoms with Gasteiger partial charge >= 0.3 is 0 Å². The van der Waals surface area contributed by atoms with E-state index in [-0.39, 0.29) is 11.8 Å². The first-order valence-corrected chi connectivity index (χ1v) is 21.5. The number of aryl methyl sites for hydroxylation is 2. The number of hydrogen-bond acceptors (Lipinski definition) is 3. The molecule has 8 rings (SSSR count). The normalized spacial score (nSPS) is 12.6. The molecule has 0 aliphatic carbocycles. The number of rotatable bonds is 16. The Morgan fingerprint density at radius 1 is 0.424 bits per heavy atom. The number of fused-ring (bicyclic) bond motifs is 2. The molecular formula is C54H58N4O. The Labute approximate surface area is 351 Å². The molecule has 5 heteroatoms. The van der Waals surface area contributed by atoms with Crippen LogP contribution in [0, 0.1) is 0 Å². The Morgan fingerprint density at radius 3 is 1.12 bits per heavy atom. The third-order valence-corrected chi connectivity index (χ3v) is 12.5. The van der Waals surface area contributed by atoms with E-state index in [1.165, 1.54) is 77.9 Å². The highest BCUT2D eigenvalue weighted by molar-refractivity contribution is 5.94. The Bertz CT molecular complexity index is 2410. The Balaban J connectivity index is 1.26. The lowest BCUT2D eigenvalue weighted by Crippen LogP contribution is -2.22. The molecule has 0 fully saturated rings. The van der Waals surface area contributed by atoms with E-state index < -0.39 is 0 Å². The van der Waals surface area contributed by atoms with Gasteiger partial charge in [-0.3, -0.25) is 0 Å². The van der Waals surface area contributed by atoms with Crippen LogP contribution in [0.25, 0.3) is 44.3 Å². The van der Waals surface area contributed by atoms with E-state index in [0.29, 0.717) is 13.2 Å². The molecule has 2 unspecified atom stereocenters. The molecule has 2 atom stereocenters. The maximum atomic E-state index is 7.27. The fourth-order valence-corrected chi connectivity index (χ4v) is 9.45. The molecule has 0 spiro atoms. The number of nitrogens with zero attached hydrogens (tertiary/aromatic N) is 4. The number of benzene rings is 6. The van der Waals surface area contributed by atoms with Gasteiger partial charge in [-0.2, -0.15) is 0 Å². The summed E-state index contributed by atoms with van der Waals surface area (Å²) < 4.78 is 12.0. The number of ether oxygens (including phenoxy) is 1. The van der Waals surface area contributed by atoms with Gasteiger partial charge in [-0.15, -0.1) is 0 Å². The van der Waals surface area contributed by atoms with Crippen LogP contribution in [0.15, 0.2) is 158 Å². The summed E-state index contributed by atoms with van der Waals surface area (Å²) in [4.78, 5) is 4.82. The smallest absolute Gasteiger partial charge is 0.0576 e. The summed E-state index contributed by atoms with van der Waals surface area (Å²) in [6, 6.07) is 58.0. The molecule has 6 aromatic carbocycles. The maximum absolute atomic E-state index is 7.27. The lowest BCUT2D eigenvalue weighted by atomic mass is 9.87. The summed E-state index contributed by atoms with van der Waals surface area (Å²) in [5, 5.41) is 2.53. The van der Waals surface area contributed by atoms with Crippen molar-refractivity contribution in [2.24, 2.45) is 14.1 Å². The Kier molecular flexibility index (Phi) is 12.0. The predicted molar refractivity (Wildman–Crippen MR) is 251 cm³/mol. The molecule has 0 N–H and O–H groups in total. The van der Waals surface area contributed by atoms with Gasteiger partial charge in [0.2, 0.25) is 0 Å². The average molecular weight is 779 g/mol. The zero-order chi connectivity index (χ0) is 40.9. The molecule has 2 heterocycles. The maximum Gasteiger partial charge on any atom is 0.0576 e. The highest BCUT2D eigenvalue weighted by Gasteiger charge is 2.29. The second kappa shape index (κ2) is 17.8. The Hall–Kier alpha value is -6.04. The number of para-hydroxylation sites is 2. The molecule has 0 aliphatic heterocycles.